The van der Waals surface area contributed by atoms with Gasteiger partial charge < -0.3 is 5.32 Å². The lowest BCUT2D eigenvalue weighted by Gasteiger charge is -2.52. The summed E-state index contributed by atoms with van der Waals surface area (Å²) in [7, 11) is 0. The second kappa shape index (κ2) is 4.99. The molecule has 2 aromatic rings. The fourth-order valence-corrected chi connectivity index (χ4v) is 5.68. The Morgan fingerprint density at radius 2 is 2.00 bits per heavy atom. The van der Waals surface area contributed by atoms with Gasteiger partial charge in [0.1, 0.15) is 0 Å². The number of piperidine rings is 3. The van der Waals surface area contributed by atoms with Crippen LogP contribution in [0.15, 0.2) is 18.2 Å². The van der Waals surface area contributed by atoms with Crippen molar-refractivity contribution in [2.24, 2.45) is 5.92 Å². The van der Waals surface area contributed by atoms with Crippen molar-refractivity contribution in [2.45, 2.75) is 37.3 Å². The molecule has 1 saturated carbocycles. The molecule has 4 fully saturated rings. The van der Waals surface area contributed by atoms with E-state index in [4.69, 9.17) is 0 Å². The molecule has 1 N–H and O–H groups in total. The monoisotopic (exact) mass is 348 g/mol. The quantitative estimate of drug-likeness (QED) is 0.900. The molecule has 1 aromatic carbocycles. The normalized spacial score (nSPS) is 30.0. The minimum atomic E-state index is -0.870. The van der Waals surface area contributed by atoms with Crippen LogP contribution >= 0.6 is 11.3 Å². The summed E-state index contributed by atoms with van der Waals surface area (Å²) in [5, 5.41) is 3.81. The van der Waals surface area contributed by atoms with E-state index in [9.17, 15) is 13.6 Å². The molecule has 0 radical (unpaired) electrons. The number of benzene rings is 1. The molecule has 6 heteroatoms. The first-order chi connectivity index (χ1) is 11.6. The lowest BCUT2D eigenvalue weighted by Crippen LogP contribution is -2.65. The molecule has 1 unspecified atom stereocenters. The Morgan fingerprint density at radius 3 is 2.71 bits per heavy atom. The predicted octanol–water partition coefficient (Wildman–Crippen LogP) is 3.54. The fourth-order valence-electron chi connectivity index (χ4n) is 4.69. The molecule has 24 heavy (non-hydrogen) atoms. The van der Waals surface area contributed by atoms with Crippen LogP contribution in [0.5, 0.6) is 0 Å². The van der Waals surface area contributed by atoms with Gasteiger partial charge in [-0.05, 0) is 62.2 Å². The Labute approximate surface area is 142 Å². The van der Waals surface area contributed by atoms with Crippen LogP contribution in [0, 0.1) is 17.6 Å². The molecule has 6 rings (SSSR count). The van der Waals surface area contributed by atoms with E-state index >= 15 is 0 Å². The van der Waals surface area contributed by atoms with Gasteiger partial charge in [-0.2, -0.15) is 0 Å². The summed E-state index contributed by atoms with van der Waals surface area (Å²) < 4.78 is 27.5. The van der Waals surface area contributed by atoms with Crippen LogP contribution in [-0.4, -0.2) is 35.5 Å². The predicted molar refractivity (Wildman–Crippen MR) is 89.3 cm³/mol. The maximum absolute atomic E-state index is 13.9. The van der Waals surface area contributed by atoms with Crippen molar-refractivity contribution < 1.29 is 13.6 Å². The molecule has 4 aliphatic rings. The lowest BCUT2D eigenvalue weighted by atomic mass is 9.77. The third-order valence-corrected chi connectivity index (χ3v) is 7.21. The van der Waals surface area contributed by atoms with Crippen LogP contribution in [-0.2, 0) is 0 Å². The van der Waals surface area contributed by atoms with E-state index in [1.165, 1.54) is 6.07 Å². The highest BCUT2D eigenvalue weighted by molar-refractivity contribution is 7.20. The molecule has 126 valence electrons. The van der Waals surface area contributed by atoms with Gasteiger partial charge in [0.15, 0.2) is 11.6 Å². The third-order valence-electron chi connectivity index (χ3n) is 6.07. The van der Waals surface area contributed by atoms with E-state index in [1.807, 2.05) is 0 Å². The van der Waals surface area contributed by atoms with E-state index in [0.717, 1.165) is 56.2 Å². The number of rotatable bonds is 2. The van der Waals surface area contributed by atoms with Gasteiger partial charge in [0, 0.05) is 5.54 Å². The van der Waals surface area contributed by atoms with Gasteiger partial charge in [0.2, 0.25) is 0 Å². The third kappa shape index (κ3) is 1.99. The van der Waals surface area contributed by atoms with Crippen LogP contribution in [0.1, 0.15) is 35.4 Å². The van der Waals surface area contributed by atoms with Gasteiger partial charge >= 0.3 is 0 Å². The summed E-state index contributed by atoms with van der Waals surface area (Å²) in [5.74, 6) is -1.34. The second-order valence-electron chi connectivity index (χ2n) is 7.27. The summed E-state index contributed by atoms with van der Waals surface area (Å²) in [5.41, 5.74) is 0.171. The van der Waals surface area contributed by atoms with Gasteiger partial charge in [-0.3, -0.25) is 9.69 Å². The molecule has 1 atom stereocenters. The number of fused-ring (bicyclic) bond motifs is 3. The molecule has 1 spiro atoms. The van der Waals surface area contributed by atoms with Gasteiger partial charge in [-0.1, -0.05) is 6.07 Å². The number of thiophene rings is 1. The first-order valence-electron chi connectivity index (χ1n) is 8.52. The van der Waals surface area contributed by atoms with Crippen LogP contribution in [0.3, 0.4) is 0 Å². The Kier molecular flexibility index (Phi) is 3.07. The summed E-state index contributed by atoms with van der Waals surface area (Å²) in [4.78, 5) is 15.7. The Bertz CT molecular complexity index is 837. The number of nitrogens with zero attached hydrogens (tertiary/aromatic N) is 1. The molecule has 1 amide bonds. The molecule has 3 saturated heterocycles. The van der Waals surface area contributed by atoms with Gasteiger partial charge in [0.25, 0.3) is 5.91 Å². The van der Waals surface area contributed by atoms with Crippen molar-refractivity contribution in [2.75, 3.05) is 13.1 Å². The maximum Gasteiger partial charge on any atom is 0.261 e. The largest absolute Gasteiger partial charge is 0.346 e. The van der Waals surface area contributed by atoms with Crippen molar-refractivity contribution >= 4 is 27.3 Å². The first-order valence-corrected chi connectivity index (χ1v) is 9.34. The number of nitrogens with one attached hydrogen (secondary N) is 1. The zero-order valence-electron chi connectivity index (χ0n) is 13.1. The summed E-state index contributed by atoms with van der Waals surface area (Å²) >= 11 is 1.03. The number of carbonyl (C=O) groups is 1. The molecule has 1 aromatic heterocycles. The zero-order chi connectivity index (χ0) is 16.5. The van der Waals surface area contributed by atoms with Crippen LogP contribution in [0.2, 0.25) is 0 Å². The van der Waals surface area contributed by atoms with Crippen molar-refractivity contribution in [1.29, 1.82) is 0 Å². The molecule has 1 aliphatic carbocycles. The van der Waals surface area contributed by atoms with E-state index in [1.54, 1.807) is 6.07 Å². The number of hydrogen-bond donors (Lipinski definition) is 1. The second-order valence-corrected chi connectivity index (χ2v) is 8.32. The smallest absolute Gasteiger partial charge is 0.261 e. The summed E-state index contributed by atoms with van der Waals surface area (Å²) in [6.45, 7) is 2.29. The molecular formula is C18H18F2N2OS. The van der Waals surface area contributed by atoms with Gasteiger partial charge in [0.05, 0.1) is 15.6 Å². The SMILES string of the molecule is O=C(NC1C2CCN(CC2)C12CC2)c1cc2ccc(F)c(F)c2s1. The first kappa shape index (κ1) is 14.8. The van der Waals surface area contributed by atoms with Crippen molar-refractivity contribution in [3.05, 3.63) is 34.7 Å². The summed E-state index contributed by atoms with van der Waals surface area (Å²) in [6, 6.07) is 4.49. The molecule has 4 heterocycles. The van der Waals surface area contributed by atoms with Gasteiger partial charge in [-0.15, -0.1) is 11.3 Å². The average molecular weight is 348 g/mol. The van der Waals surface area contributed by atoms with E-state index in [0.29, 0.717) is 16.2 Å². The van der Waals surface area contributed by atoms with Crippen LogP contribution in [0.25, 0.3) is 10.1 Å². The molecule has 3 aliphatic heterocycles. The number of carbonyl (C=O) groups excluding carboxylic acids is 1. The van der Waals surface area contributed by atoms with E-state index in [2.05, 4.69) is 10.2 Å². The number of amides is 1. The Hall–Kier alpha value is -1.53. The highest BCUT2D eigenvalue weighted by Gasteiger charge is 2.60. The van der Waals surface area contributed by atoms with Gasteiger partial charge in [-0.25, -0.2) is 8.78 Å². The molecule has 3 nitrogen and oxygen atoms in total. The Balaban J connectivity index is 1.44. The van der Waals surface area contributed by atoms with Crippen LogP contribution in [0.4, 0.5) is 8.78 Å². The topological polar surface area (TPSA) is 32.3 Å². The van der Waals surface area contributed by atoms with Crippen molar-refractivity contribution in [3.8, 4) is 0 Å². The van der Waals surface area contributed by atoms with Crippen molar-refractivity contribution in [3.63, 3.8) is 0 Å². The number of hydrogen-bond acceptors (Lipinski definition) is 3. The lowest BCUT2D eigenvalue weighted by molar-refractivity contribution is -0.00138. The minimum absolute atomic E-state index is 0.152. The zero-order valence-corrected chi connectivity index (χ0v) is 14.0. The Morgan fingerprint density at radius 1 is 1.25 bits per heavy atom. The van der Waals surface area contributed by atoms with E-state index < -0.39 is 11.6 Å². The standard InChI is InChI=1S/C18H18F2N2OS/c19-12-2-1-11-9-13(24-15(11)14(12)20)17(23)21-16-10-3-7-22(8-4-10)18(16)5-6-18/h1-2,9-10,16H,3-8H2,(H,21,23). The highest BCUT2D eigenvalue weighted by Crippen LogP contribution is 2.53. The van der Waals surface area contributed by atoms with Crippen molar-refractivity contribution in [1.82, 2.24) is 10.2 Å². The highest BCUT2D eigenvalue weighted by atomic mass is 32.1. The fraction of sp³-hybridized carbons (Fsp3) is 0.500. The van der Waals surface area contributed by atoms with E-state index in [-0.39, 0.29) is 22.2 Å². The molecular weight excluding hydrogens is 330 g/mol. The maximum atomic E-state index is 13.9. The number of halogens is 2. The van der Waals surface area contributed by atoms with Crippen LogP contribution < -0.4 is 5.32 Å². The average Bonchev–Trinajstić information content (AvgIpc) is 3.24. The molecule has 2 bridgehead atoms. The summed E-state index contributed by atoms with van der Waals surface area (Å²) in [6.07, 6.45) is 4.58. The minimum Gasteiger partial charge on any atom is -0.346 e.